The molecule has 0 amide bonds. The Morgan fingerprint density at radius 1 is 0.917 bits per heavy atom. The van der Waals surface area contributed by atoms with Gasteiger partial charge in [-0.3, -0.25) is 0 Å². The third-order valence-corrected chi connectivity index (χ3v) is 4.20. The monoisotopic (exact) mass is 379 g/mol. The van der Waals surface area contributed by atoms with Crippen LogP contribution in [0.2, 0.25) is 0 Å². The third kappa shape index (κ3) is 3.05. The molecular weight excluding hydrogens is 366 g/mol. The van der Waals surface area contributed by atoms with Gasteiger partial charge in [-0.1, -0.05) is 58.4 Å². The maximum atomic E-state index is 6.02. The average Bonchev–Trinajstić information content (AvgIpc) is 3.05. The second-order valence-electron chi connectivity index (χ2n) is 5.40. The first kappa shape index (κ1) is 15.0. The zero-order chi connectivity index (χ0) is 16.4. The first-order valence-electron chi connectivity index (χ1n) is 7.62. The minimum Gasteiger partial charge on any atom is -0.488 e. The van der Waals surface area contributed by atoms with E-state index in [9.17, 15) is 0 Å². The highest BCUT2D eigenvalue weighted by atomic mass is 79.9. The molecule has 0 radical (unpaired) electrons. The summed E-state index contributed by atoms with van der Waals surface area (Å²) in [4.78, 5) is 4.57. The molecule has 24 heavy (non-hydrogen) atoms. The average molecular weight is 380 g/mol. The maximum absolute atomic E-state index is 6.02. The lowest BCUT2D eigenvalue weighted by Gasteiger charge is -2.10. The van der Waals surface area contributed by atoms with E-state index < -0.39 is 0 Å². The summed E-state index contributed by atoms with van der Waals surface area (Å²) in [6, 6.07) is 23.7. The van der Waals surface area contributed by atoms with Crippen molar-refractivity contribution in [2.45, 2.75) is 6.61 Å². The Balaban J connectivity index is 1.70. The fraction of sp³-hybridized carbons (Fsp3) is 0.0500. The topological polar surface area (TPSA) is 35.3 Å². The molecule has 0 aliphatic rings. The molecule has 3 aromatic carbocycles. The summed E-state index contributed by atoms with van der Waals surface area (Å²) < 4.78 is 12.9. The van der Waals surface area contributed by atoms with Crippen molar-refractivity contribution in [2.75, 3.05) is 0 Å². The van der Waals surface area contributed by atoms with E-state index >= 15 is 0 Å². The standard InChI is InChI=1S/C20H14BrNO2/c21-15-10-11-16(20-22-17-8-4-5-9-18(17)24-20)19(12-15)23-13-14-6-2-1-3-7-14/h1-12H,13H2. The Bertz CT molecular complexity index is 946. The first-order chi connectivity index (χ1) is 11.8. The van der Waals surface area contributed by atoms with Crippen LogP contribution < -0.4 is 4.74 Å². The Morgan fingerprint density at radius 2 is 1.71 bits per heavy atom. The minimum atomic E-state index is 0.491. The number of halogens is 1. The van der Waals surface area contributed by atoms with Crippen molar-refractivity contribution in [3.05, 3.63) is 82.8 Å². The van der Waals surface area contributed by atoms with Gasteiger partial charge in [0, 0.05) is 4.47 Å². The summed E-state index contributed by atoms with van der Waals surface area (Å²) in [6.07, 6.45) is 0. The first-order valence-corrected chi connectivity index (χ1v) is 8.41. The molecule has 0 saturated heterocycles. The van der Waals surface area contributed by atoms with Crippen molar-refractivity contribution in [3.63, 3.8) is 0 Å². The second kappa shape index (κ2) is 6.49. The molecule has 0 spiro atoms. The summed E-state index contributed by atoms with van der Waals surface area (Å²) in [5, 5.41) is 0. The second-order valence-corrected chi connectivity index (χ2v) is 6.32. The highest BCUT2D eigenvalue weighted by Gasteiger charge is 2.14. The molecule has 4 heteroatoms. The van der Waals surface area contributed by atoms with Gasteiger partial charge in [-0.25, -0.2) is 4.98 Å². The van der Waals surface area contributed by atoms with Crippen LogP contribution in [0.4, 0.5) is 0 Å². The van der Waals surface area contributed by atoms with E-state index in [4.69, 9.17) is 9.15 Å². The molecule has 0 fully saturated rings. The van der Waals surface area contributed by atoms with E-state index in [0.29, 0.717) is 12.5 Å². The van der Waals surface area contributed by atoms with Crippen molar-refractivity contribution in [1.29, 1.82) is 0 Å². The van der Waals surface area contributed by atoms with Crippen LogP contribution in [-0.2, 0) is 6.61 Å². The van der Waals surface area contributed by atoms with Gasteiger partial charge in [0.05, 0.1) is 5.56 Å². The van der Waals surface area contributed by atoms with Gasteiger partial charge in [0.1, 0.15) is 17.9 Å². The van der Waals surface area contributed by atoms with Gasteiger partial charge in [0.25, 0.3) is 0 Å². The molecular formula is C20H14BrNO2. The molecule has 1 heterocycles. The zero-order valence-corrected chi connectivity index (χ0v) is 14.4. The number of rotatable bonds is 4. The Hall–Kier alpha value is -2.59. The van der Waals surface area contributed by atoms with E-state index in [-0.39, 0.29) is 0 Å². The van der Waals surface area contributed by atoms with Crippen LogP contribution in [-0.4, -0.2) is 4.98 Å². The summed E-state index contributed by atoms with van der Waals surface area (Å²) in [7, 11) is 0. The normalized spacial score (nSPS) is 10.9. The van der Waals surface area contributed by atoms with Crippen molar-refractivity contribution in [3.8, 4) is 17.2 Å². The molecule has 0 saturated carbocycles. The number of para-hydroxylation sites is 2. The van der Waals surface area contributed by atoms with Gasteiger partial charge in [-0.2, -0.15) is 0 Å². The van der Waals surface area contributed by atoms with Crippen molar-refractivity contribution < 1.29 is 9.15 Å². The predicted molar refractivity (Wildman–Crippen MR) is 97.9 cm³/mol. The lowest BCUT2D eigenvalue weighted by Crippen LogP contribution is -1.97. The summed E-state index contributed by atoms with van der Waals surface area (Å²) >= 11 is 3.50. The summed E-state index contributed by atoms with van der Waals surface area (Å²) in [5.74, 6) is 1.30. The quantitative estimate of drug-likeness (QED) is 0.446. The molecule has 0 bridgehead atoms. The van der Waals surface area contributed by atoms with E-state index in [1.807, 2.05) is 72.8 Å². The maximum Gasteiger partial charge on any atom is 0.231 e. The van der Waals surface area contributed by atoms with Gasteiger partial charge in [0.2, 0.25) is 5.89 Å². The molecule has 0 N–H and O–H groups in total. The highest BCUT2D eigenvalue weighted by Crippen LogP contribution is 2.34. The molecule has 1 aromatic heterocycles. The van der Waals surface area contributed by atoms with Gasteiger partial charge < -0.3 is 9.15 Å². The number of hydrogen-bond acceptors (Lipinski definition) is 3. The van der Waals surface area contributed by atoms with Crippen LogP contribution in [0.1, 0.15) is 5.56 Å². The predicted octanol–water partition coefficient (Wildman–Crippen LogP) is 5.84. The Kier molecular flexibility index (Phi) is 4.05. The van der Waals surface area contributed by atoms with E-state index in [0.717, 1.165) is 32.4 Å². The number of ether oxygens (including phenoxy) is 1. The van der Waals surface area contributed by atoms with E-state index in [1.54, 1.807) is 0 Å². The summed E-state index contributed by atoms with van der Waals surface area (Å²) in [5.41, 5.74) is 3.56. The van der Waals surface area contributed by atoms with E-state index in [2.05, 4.69) is 20.9 Å². The van der Waals surface area contributed by atoms with E-state index in [1.165, 1.54) is 0 Å². The lowest BCUT2D eigenvalue weighted by atomic mass is 10.2. The number of benzene rings is 3. The van der Waals surface area contributed by atoms with Crippen LogP contribution in [0.25, 0.3) is 22.6 Å². The zero-order valence-electron chi connectivity index (χ0n) is 12.8. The molecule has 0 unspecified atom stereocenters. The number of aromatic nitrogens is 1. The van der Waals surface area contributed by atoms with Gasteiger partial charge in [-0.05, 0) is 35.9 Å². The molecule has 0 atom stereocenters. The number of nitrogens with zero attached hydrogens (tertiary/aromatic N) is 1. The van der Waals surface area contributed by atoms with Gasteiger partial charge in [0.15, 0.2) is 5.58 Å². The molecule has 118 valence electrons. The Morgan fingerprint density at radius 3 is 2.54 bits per heavy atom. The van der Waals surface area contributed by atoms with Crippen molar-refractivity contribution >= 4 is 27.0 Å². The van der Waals surface area contributed by atoms with Crippen LogP contribution in [0.5, 0.6) is 5.75 Å². The molecule has 4 aromatic rings. The largest absolute Gasteiger partial charge is 0.488 e. The van der Waals surface area contributed by atoms with Gasteiger partial charge in [-0.15, -0.1) is 0 Å². The van der Waals surface area contributed by atoms with Crippen molar-refractivity contribution in [1.82, 2.24) is 4.98 Å². The number of fused-ring (bicyclic) bond motifs is 1. The molecule has 0 aliphatic carbocycles. The fourth-order valence-corrected chi connectivity index (χ4v) is 2.86. The molecule has 4 rings (SSSR count). The van der Waals surface area contributed by atoms with Crippen molar-refractivity contribution in [2.24, 2.45) is 0 Å². The lowest BCUT2D eigenvalue weighted by molar-refractivity contribution is 0.306. The third-order valence-electron chi connectivity index (χ3n) is 3.71. The SMILES string of the molecule is Brc1ccc(-c2nc3ccccc3o2)c(OCc2ccccc2)c1. The smallest absolute Gasteiger partial charge is 0.231 e. The van der Waals surface area contributed by atoms with Crippen LogP contribution >= 0.6 is 15.9 Å². The Labute approximate surface area is 148 Å². The summed E-state index contributed by atoms with van der Waals surface area (Å²) in [6.45, 7) is 0.491. The molecule has 3 nitrogen and oxygen atoms in total. The number of hydrogen-bond donors (Lipinski definition) is 0. The number of oxazole rings is 1. The van der Waals surface area contributed by atoms with Crippen LogP contribution in [0.15, 0.2) is 81.7 Å². The highest BCUT2D eigenvalue weighted by molar-refractivity contribution is 9.10. The van der Waals surface area contributed by atoms with Gasteiger partial charge >= 0.3 is 0 Å². The minimum absolute atomic E-state index is 0.491. The molecule has 0 aliphatic heterocycles. The fourth-order valence-electron chi connectivity index (χ4n) is 2.52. The van der Waals surface area contributed by atoms with Crippen LogP contribution in [0, 0.1) is 0 Å². The van der Waals surface area contributed by atoms with Crippen LogP contribution in [0.3, 0.4) is 0 Å².